The van der Waals surface area contributed by atoms with Crippen LogP contribution in [0.4, 0.5) is 0 Å². The third-order valence-corrected chi connectivity index (χ3v) is 4.46. The Morgan fingerprint density at radius 3 is 2.83 bits per heavy atom. The summed E-state index contributed by atoms with van der Waals surface area (Å²) in [6, 6.07) is 7.20. The zero-order valence-corrected chi connectivity index (χ0v) is 14.8. The number of carbonyl (C=O) groups excluding carboxylic acids is 1. The molecular formula is C16H19BrN4O3. The number of benzene rings is 1. The molecule has 3 rings (SSSR count). The van der Waals surface area contributed by atoms with Crippen molar-refractivity contribution in [2.45, 2.75) is 38.0 Å². The molecule has 128 valence electrons. The van der Waals surface area contributed by atoms with E-state index in [0.717, 1.165) is 16.5 Å². The third kappa shape index (κ3) is 3.82. The lowest BCUT2D eigenvalue weighted by Gasteiger charge is -2.15. The molecule has 1 aromatic heterocycles. The second kappa shape index (κ2) is 7.42. The summed E-state index contributed by atoms with van der Waals surface area (Å²) in [4.78, 5) is 16.6. The van der Waals surface area contributed by atoms with Crippen molar-refractivity contribution in [1.82, 2.24) is 15.5 Å². The van der Waals surface area contributed by atoms with Gasteiger partial charge in [-0.25, -0.2) is 0 Å². The maximum atomic E-state index is 12.2. The van der Waals surface area contributed by atoms with Crippen molar-refractivity contribution in [2.75, 3.05) is 6.54 Å². The predicted octanol–water partition coefficient (Wildman–Crippen LogP) is 2.18. The van der Waals surface area contributed by atoms with Gasteiger partial charge in [-0.05, 0) is 44.0 Å². The highest BCUT2D eigenvalue weighted by Gasteiger charge is 2.31. The summed E-state index contributed by atoms with van der Waals surface area (Å²) in [7, 11) is 0. The fourth-order valence-electron chi connectivity index (χ4n) is 2.57. The van der Waals surface area contributed by atoms with E-state index in [4.69, 9.17) is 15.0 Å². The molecule has 1 aromatic carbocycles. The number of amides is 1. The Labute approximate surface area is 148 Å². The maximum absolute atomic E-state index is 12.2. The average molecular weight is 395 g/mol. The van der Waals surface area contributed by atoms with Crippen LogP contribution in [-0.4, -0.2) is 34.8 Å². The molecule has 0 aliphatic carbocycles. The van der Waals surface area contributed by atoms with Crippen molar-refractivity contribution in [1.29, 1.82) is 0 Å². The lowest BCUT2D eigenvalue weighted by Crippen LogP contribution is -2.37. The van der Waals surface area contributed by atoms with Crippen molar-refractivity contribution in [2.24, 2.45) is 5.73 Å². The summed E-state index contributed by atoms with van der Waals surface area (Å²) < 4.78 is 11.8. The normalized spacial score (nSPS) is 21.6. The van der Waals surface area contributed by atoms with E-state index >= 15 is 0 Å². The van der Waals surface area contributed by atoms with E-state index in [1.807, 2.05) is 24.3 Å². The summed E-state index contributed by atoms with van der Waals surface area (Å²) in [5.41, 5.74) is 6.41. The predicted molar refractivity (Wildman–Crippen MR) is 90.9 cm³/mol. The molecule has 24 heavy (non-hydrogen) atoms. The van der Waals surface area contributed by atoms with E-state index in [2.05, 4.69) is 31.4 Å². The number of halogens is 1. The molecule has 0 saturated carbocycles. The monoisotopic (exact) mass is 394 g/mol. The number of carbonyl (C=O) groups is 1. The molecule has 2 aromatic rings. The minimum absolute atomic E-state index is 0.0385. The number of rotatable bonds is 5. The minimum Gasteiger partial charge on any atom is -0.364 e. The number of hydrogen-bond acceptors (Lipinski definition) is 6. The molecular weight excluding hydrogens is 376 g/mol. The molecule has 3 atom stereocenters. The lowest BCUT2D eigenvalue weighted by atomic mass is 10.2. The first kappa shape index (κ1) is 17.1. The highest BCUT2D eigenvalue weighted by molar-refractivity contribution is 9.10. The van der Waals surface area contributed by atoms with Crippen LogP contribution in [0.3, 0.4) is 0 Å². The standard InChI is InChI=1S/C16H19BrN4O3/c1-9(19-15(22)13-7-6-12(8-18)23-13)16-20-14(21-24-16)10-2-4-11(17)5-3-10/h2-5,9,12-13H,6-8,18H2,1H3,(H,19,22)/t9?,12-,13+/m1/s1. The van der Waals surface area contributed by atoms with Crippen LogP contribution in [0, 0.1) is 0 Å². The van der Waals surface area contributed by atoms with Crippen LogP contribution in [0.25, 0.3) is 11.4 Å². The van der Waals surface area contributed by atoms with E-state index in [1.54, 1.807) is 6.92 Å². The molecule has 1 aliphatic heterocycles. The Balaban J connectivity index is 1.62. The Hall–Kier alpha value is -1.77. The highest BCUT2D eigenvalue weighted by Crippen LogP contribution is 2.22. The van der Waals surface area contributed by atoms with Gasteiger partial charge in [0.25, 0.3) is 0 Å². The topological polar surface area (TPSA) is 103 Å². The molecule has 7 nitrogen and oxygen atoms in total. The fourth-order valence-corrected chi connectivity index (χ4v) is 2.83. The maximum Gasteiger partial charge on any atom is 0.249 e. The second-order valence-corrected chi connectivity index (χ2v) is 6.67. The van der Waals surface area contributed by atoms with Gasteiger partial charge in [-0.15, -0.1) is 0 Å². The molecule has 0 bridgehead atoms. The third-order valence-electron chi connectivity index (χ3n) is 3.94. The zero-order chi connectivity index (χ0) is 17.1. The Bertz CT molecular complexity index is 704. The van der Waals surface area contributed by atoms with Crippen molar-refractivity contribution in [3.8, 4) is 11.4 Å². The smallest absolute Gasteiger partial charge is 0.249 e. The van der Waals surface area contributed by atoms with Gasteiger partial charge in [0.1, 0.15) is 12.1 Å². The van der Waals surface area contributed by atoms with E-state index in [0.29, 0.717) is 24.7 Å². The van der Waals surface area contributed by atoms with Gasteiger partial charge in [-0.3, -0.25) is 4.79 Å². The van der Waals surface area contributed by atoms with E-state index in [9.17, 15) is 4.79 Å². The number of nitrogens with two attached hydrogens (primary N) is 1. The summed E-state index contributed by atoms with van der Waals surface area (Å²) in [5.74, 6) is 0.662. The molecule has 8 heteroatoms. The Morgan fingerprint density at radius 1 is 1.42 bits per heavy atom. The highest BCUT2D eigenvalue weighted by atomic mass is 79.9. The van der Waals surface area contributed by atoms with Crippen molar-refractivity contribution in [3.63, 3.8) is 0 Å². The molecule has 3 N–H and O–H groups in total. The van der Waals surface area contributed by atoms with Gasteiger partial charge in [-0.2, -0.15) is 4.98 Å². The first-order valence-corrected chi connectivity index (χ1v) is 8.61. The molecule has 0 radical (unpaired) electrons. The van der Waals surface area contributed by atoms with Gasteiger partial charge >= 0.3 is 0 Å². The number of nitrogens with zero attached hydrogens (tertiary/aromatic N) is 2. The van der Waals surface area contributed by atoms with E-state index < -0.39 is 12.1 Å². The summed E-state index contributed by atoms with van der Waals surface area (Å²) in [5, 5.41) is 6.81. The molecule has 1 amide bonds. The first-order valence-electron chi connectivity index (χ1n) is 7.82. The van der Waals surface area contributed by atoms with Gasteiger partial charge < -0.3 is 20.3 Å². The number of nitrogens with one attached hydrogen (secondary N) is 1. The van der Waals surface area contributed by atoms with Crippen LogP contribution in [0.5, 0.6) is 0 Å². The minimum atomic E-state index is -0.463. The fraction of sp³-hybridized carbons (Fsp3) is 0.438. The van der Waals surface area contributed by atoms with Gasteiger partial charge in [0.05, 0.1) is 6.10 Å². The quantitative estimate of drug-likeness (QED) is 0.805. The van der Waals surface area contributed by atoms with Crippen LogP contribution >= 0.6 is 15.9 Å². The molecule has 1 saturated heterocycles. The van der Waals surface area contributed by atoms with Crippen molar-refractivity contribution < 1.29 is 14.1 Å². The number of aromatic nitrogens is 2. The van der Waals surface area contributed by atoms with Crippen LogP contribution in [-0.2, 0) is 9.53 Å². The van der Waals surface area contributed by atoms with Gasteiger partial charge in [0.2, 0.25) is 17.6 Å². The Kier molecular flexibility index (Phi) is 5.27. The molecule has 1 aliphatic rings. The van der Waals surface area contributed by atoms with Crippen LogP contribution < -0.4 is 11.1 Å². The van der Waals surface area contributed by atoms with Crippen molar-refractivity contribution in [3.05, 3.63) is 34.6 Å². The van der Waals surface area contributed by atoms with Crippen LogP contribution in [0.1, 0.15) is 31.7 Å². The average Bonchev–Trinajstić information content (AvgIpc) is 3.25. The first-order chi connectivity index (χ1) is 11.6. The van der Waals surface area contributed by atoms with Crippen molar-refractivity contribution >= 4 is 21.8 Å². The largest absolute Gasteiger partial charge is 0.364 e. The Morgan fingerprint density at radius 2 is 2.17 bits per heavy atom. The number of hydrogen-bond donors (Lipinski definition) is 2. The van der Waals surface area contributed by atoms with E-state index in [-0.39, 0.29) is 12.0 Å². The summed E-state index contributed by atoms with van der Waals surface area (Å²) >= 11 is 3.38. The van der Waals surface area contributed by atoms with Gasteiger partial charge in [-0.1, -0.05) is 21.1 Å². The van der Waals surface area contributed by atoms with Crippen LogP contribution in [0.15, 0.2) is 33.3 Å². The number of ether oxygens (including phenoxy) is 1. The van der Waals surface area contributed by atoms with Gasteiger partial charge in [0.15, 0.2) is 0 Å². The summed E-state index contributed by atoms with van der Waals surface area (Å²) in [6.07, 6.45) is 0.976. The molecule has 1 fully saturated rings. The molecule has 2 heterocycles. The zero-order valence-electron chi connectivity index (χ0n) is 13.2. The van der Waals surface area contributed by atoms with Crippen LogP contribution in [0.2, 0.25) is 0 Å². The lowest BCUT2D eigenvalue weighted by molar-refractivity contribution is -0.132. The SMILES string of the molecule is CC(NC(=O)[C@@H]1CC[C@H](CN)O1)c1nc(-c2ccc(Br)cc2)no1. The summed E-state index contributed by atoms with van der Waals surface area (Å²) in [6.45, 7) is 2.23. The van der Waals surface area contributed by atoms with E-state index in [1.165, 1.54) is 0 Å². The van der Waals surface area contributed by atoms with Gasteiger partial charge in [0, 0.05) is 16.6 Å². The molecule has 0 spiro atoms. The second-order valence-electron chi connectivity index (χ2n) is 5.75. The molecule has 1 unspecified atom stereocenters.